The number of hydrogen-bond donors (Lipinski definition) is 2. The lowest BCUT2D eigenvalue weighted by molar-refractivity contribution is 0.0366. The summed E-state index contributed by atoms with van der Waals surface area (Å²) in [4.78, 5) is 27.4. The number of aromatic nitrogens is 6. The molecule has 56 heavy (non-hydrogen) atoms. The lowest BCUT2D eigenvalue weighted by Gasteiger charge is -2.26. The number of hydrogen-bond acceptors (Lipinski definition) is 13. The number of imidazole rings is 1. The number of anilines is 2. The Bertz CT molecular complexity index is 2340. The molecule has 0 bridgehead atoms. The number of nitrogens with one attached hydrogen (secondary N) is 2. The molecule has 2 N–H and O–H groups in total. The molecule has 0 unspecified atom stereocenters. The summed E-state index contributed by atoms with van der Waals surface area (Å²) in [5.74, 6) is 0.750. The van der Waals surface area contributed by atoms with Gasteiger partial charge in [0.1, 0.15) is 0 Å². The number of hydrazone groups is 2. The van der Waals surface area contributed by atoms with Crippen LogP contribution >= 0.6 is 11.3 Å². The second kappa shape index (κ2) is 19.1. The standard InChI is InChI=1S/C22H22N6S.C20H24N6O/c1-16(26-27-22-25-20-10-3-4-12-21(20)29-22)19-11-7-9-18(24-19)15-28(2)14-17-8-5-6-13-23-17;1-16(17-6-4-5-9-21-17)23-24-20-22-18-7-2-3-8-19(18)26(20)11-10-25-12-14-27-15-13-25/h3-13H,14-15H2,1-2H3,(H,25,27);2-9H,10-15H2,1H3,(H,22,24)/b26-16+;23-16+. The first-order chi connectivity index (χ1) is 27.5. The summed E-state index contributed by atoms with van der Waals surface area (Å²) in [6, 6.07) is 34.0. The summed E-state index contributed by atoms with van der Waals surface area (Å²) in [5, 5.41) is 9.75. The summed E-state index contributed by atoms with van der Waals surface area (Å²) in [6.45, 7) is 10.8. The molecule has 1 saturated heterocycles. The van der Waals surface area contributed by atoms with Crippen molar-refractivity contribution in [3.63, 3.8) is 0 Å². The molecule has 1 fully saturated rings. The minimum Gasteiger partial charge on any atom is -0.379 e. The third-order valence-corrected chi connectivity index (χ3v) is 10.1. The van der Waals surface area contributed by atoms with Gasteiger partial charge in [-0.3, -0.25) is 30.2 Å². The first-order valence-corrected chi connectivity index (χ1v) is 19.5. The van der Waals surface area contributed by atoms with Gasteiger partial charge in [0.15, 0.2) is 0 Å². The van der Waals surface area contributed by atoms with E-state index in [2.05, 4.69) is 69.6 Å². The van der Waals surface area contributed by atoms with Gasteiger partial charge >= 0.3 is 0 Å². The van der Waals surface area contributed by atoms with E-state index in [0.29, 0.717) is 0 Å². The topological polar surface area (TPSA) is 134 Å². The van der Waals surface area contributed by atoms with E-state index in [0.717, 1.165) is 119 Å². The van der Waals surface area contributed by atoms with Crippen molar-refractivity contribution in [2.75, 3.05) is 50.7 Å². The van der Waals surface area contributed by atoms with Crippen LogP contribution in [0.15, 0.2) is 126 Å². The van der Waals surface area contributed by atoms with Gasteiger partial charge in [0.2, 0.25) is 11.1 Å². The number of rotatable bonds is 13. The predicted octanol–water partition coefficient (Wildman–Crippen LogP) is 7.15. The molecule has 8 rings (SSSR count). The fourth-order valence-corrected chi connectivity index (χ4v) is 7.01. The molecule has 1 aliphatic rings. The number of nitrogens with zero attached hydrogens (tertiary/aromatic N) is 10. The number of para-hydroxylation sites is 3. The van der Waals surface area contributed by atoms with Crippen molar-refractivity contribution in [2.24, 2.45) is 10.2 Å². The minimum atomic E-state index is 0.739. The molecular weight excluding hydrogens is 721 g/mol. The Hall–Kier alpha value is -5.93. The van der Waals surface area contributed by atoms with Crippen LogP contribution in [0.3, 0.4) is 0 Å². The van der Waals surface area contributed by atoms with Gasteiger partial charge in [0.25, 0.3) is 0 Å². The van der Waals surface area contributed by atoms with Gasteiger partial charge in [0.05, 0.1) is 68.7 Å². The van der Waals surface area contributed by atoms with Gasteiger partial charge in [-0.05, 0) is 81.6 Å². The Morgan fingerprint density at radius 1 is 0.696 bits per heavy atom. The van der Waals surface area contributed by atoms with Crippen molar-refractivity contribution in [1.29, 1.82) is 0 Å². The van der Waals surface area contributed by atoms with Gasteiger partial charge in [-0.15, -0.1) is 0 Å². The highest BCUT2D eigenvalue weighted by molar-refractivity contribution is 7.22. The first kappa shape index (κ1) is 38.3. The number of benzene rings is 2. The fraction of sp³-hybridized carbons (Fsp3) is 0.262. The van der Waals surface area contributed by atoms with E-state index in [9.17, 15) is 0 Å². The second-order valence-corrected chi connectivity index (χ2v) is 14.4. The van der Waals surface area contributed by atoms with Crippen molar-refractivity contribution in [2.45, 2.75) is 33.5 Å². The van der Waals surface area contributed by atoms with Gasteiger partial charge in [-0.25, -0.2) is 15.4 Å². The molecule has 2 aromatic carbocycles. The number of thiazole rings is 1. The number of morpholine rings is 1. The zero-order valence-electron chi connectivity index (χ0n) is 31.9. The van der Waals surface area contributed by atoms with Crippen LogP contribution < -0.4 is 10.9 Å². The Morgan fingerprint density at radius 3 is 2.16 bits per heavy atom. The average Bonchev–Trinajstić information content (AvgIpc) is 3.83. The van der Waals surface area contributed by atoms with Gasteiger partial charge in [0, 0.05) is 51.7 Å². The smallest absolute Gasteiger partial charge is 0.224 e. The lowest BCUT2D eigenvalue weighted by Crippen LogP contribution is -2.38. The maximum absolute atomic E-state index is 5.44. The van der Waals surface area contributed by atoms with Crippen LogP contribution in [0.4, 0.5) is 11.1 Å². The summed E-state index contributed by atoms with van der Waals surface area (Å²) in [6.07, 6.45) is 3.59. The Morgan fingerprint density at radius 2 is 1.38 bits per heavy atom. The molecule has 0 aliphatic carbocycles. The summed E-state index contributed by atoms with van der Waals surface area (Å²) >= 11 is 1.58. The van der Waals surface area contributed by atoms with Crippen molar-refractivity contribution in [1.82, 2.24) is 39.3 Å². The molecule has 5 aromatic heterocycles. The Kier molecular flexibility index (Phi) is 13.1. The summed E-state index contributed by atoms with van der Waals surface area (Å²) in [7, 11) is 2.07. The molecule has 0 radical (unpaired) electrons. The highest BCUT2D eigenvalue weighted by Gasteiger charge is 2.14. The first-order valence-electron chi connectivity index (χ1n) is 18.7. The monoisotopic (exact) mass is 766 g/mol. The zero-order valence-corrected chi connectivity index (χ0v) is 32.7. The van der Waals surface area contributed by atoms with Crippen LogP contribution in [0, 0.1) is 0 Å². The van der Waals surface area contributed by atoms with Crippen LogP contribution in [0.5, 0.6) is 0 Å². The van der Waals surface area contributed by atoms with Gasteiger partial charge in [-0.2, -0.15) is 10.2 Å². The van der Waals surface area contributed by atoms with Crippen LogP contribution in [0.25, 0.3) is 21.3 Å². The number of pyridine rings is 3. The minimum absolute atomic E-state index is 0.739. The van der Waals surface area contributed by atoms with E-state index in [4.69, 9.17) is 14.7 Å². The highest BCUT2D eigenvalue weighted by atomic mass is 32.1. The summed E-state index contributed by atoms with van der Waals surface area (Å²) in [5.41, 5.74) is 14.6. The van der Waals surface area contributed by atoms with Gasteiger partial charge < -0.3 is 9.30 Å². The molecule has 0 spiro atoms. The molecule has 286 valence electrons. The molecule has 0 saturated carbocycles. The van der Waals surface area contributed by atoms with E-state index < -0.39 is 0 Å². The van der Waals surface area contributed by atoms with Crippen molar-refractivity contribution < 1.29 is 4.74 Å². The van der Waals surface area contributed by atoms with Crippen LogP contribution in [0.1, 0.15) is 36.6 Å². The molecular formula is C42H46N12OS. The molecule has 0 atom stereocenters. The molecule has 14 heteroatoms. The maximum Gasteiger partial charge on any atom is 0.224 e. The third-order valence-electron chi connectivity index (χ3n) is 9.14. The average molecular weight is 767 g/mol. The summed E-state index contributed by atoms with van der Waals surface area (Å²) < 4.78 is 8.77. The molecule has 13 nitrogen and oxygen atoms in total. The number of ether oxygens (including phenoxy) is 1. The van der Waals surface area contributed by atoms with Crippen molar-refractivity contribution >= 4 is 55.1 Å². The van der Waals surface area contributed by atoms with Crippen molar-refractivity contribution in [3.8, 4) is 0 Å². The third kappa shape index (κ3) is 10.4. The molecule has 7 aromatic rings. The van der Waals surface area contributed by atoms with E-state index in [-0.39, 0.29) is 0 Å². The van der Waals surface area contributed by atoms with Crippen LogP contribution in [-0.2, 0) is 24.4 Å². The quantitative estimate of drug-likeness (QED) is 0.0921. The van der Waals surface area contributed by atoms with E-state index in [1.165, 1.54) is 0 Å². The highest BCUT2D eigenvalue weighted by Crippen LogP contribution is 2.25. The van der Waals surface area contributed by atoms with E-state index in [1.807, 2.05) is 111 Å². The Balaban J connectivity index is 0.000000172. The molecule has 0 amide bonds. The fourth-order valence-electron chi connectivity index (χ4n) is 6.20. The zero-order chi connectivity index (χ0) is 38.5. The van der Waals surface area contributed by atoms with E-state index in [1.54, 1.807) is 17.5 Å². The molecule has 6 heterocycles. The van der Waals surface area contributed by atoms with E-state index >= 15 is 0 Å². The Labute approximate surface area is 330 Å². The lowest BCUT2D eigenvalue weighted by atomic mass is 10.2. The normalized spacial score (nSPS) is 13.9. The second-order valence-electron chi connectivity index (χ2n) is 13.4. The largest absolute Gasteiger partial charge is 0.379 e. The molecule has 1 aliphatic heterocycles. The van der Waals surface area contributed by atoms with Crippen LogP contribution in [-0.4, -0.2) is 90.6 Å². The SMILES string of the molecule is C/C(=N\Nc1nc2ccccc2n1CCN1CCOCC1)c1ccccn1.C/C(=N\Nc1nc2ccccc2s1)c1cccc(CN(C)Cc2ccccn2)n1. The number of fused-ring (bicyclic) bond motifs is 2. The van der Waals surface area contributed by atoms with Gasteiger partial charge in [-0.1, -0.05) is 53.8 Å². The maximum atomic E-state index is 5.44. The van der Waals surface area contributed by atoms with Crippen molar-refractivity contribution in [3.05, 3.63) is 138 Å². The predicted molar refractivity (Wildman–Crippen MR) is 226 cm³/mol. The van der Waals surface area contributed by atoms with Crippen LogP contribution in [0.2, 0.25) is 0 Å².